The van der Waals surface area contributed by atoms with Crippen LogP contribution in [0.1, 0.15) is 29.2 Å². The van der Waals surface area contributed by atoms with Gasteiger partial charge in [0.15, 0.2) is 17.7 Å². The molecule has 3 aromatic rings. The van der Waals surface area contributed by atoms with Crippen molar-refractivity contribution >= 4 is 28.8 Å². The number of rotatable bonds is 8. The van der Waals surface area contributed by atoms with Gasteiger partial charge in [-0.1, -0.05) is 5.21 Å². The van der Waals surface area contributed by atoms with E-state index in [1.54, 1.807) is 25.3 Å². The number of ether oxygens (including phenoxy) is 2. The number of nitrogens with one attached hydrogen (secondary N) is 1. The first-order chi connectivity index (χ1) is 23.4. The predicted octanol–water partition coefficient (Wildman–Crippen LogP) is 2.65. The van der Waals surface area contributed by atoms with Crippen molar-refractivity contribution in [3.63, 3.8) is 0 Å². The Balaban J connectivity index is 0.975. The largest absolute Gasteiger partial charge is 0.491 e. The second-order valence-corrected chi connectivity index (χ2v) is 12.2. The van der Waals surface area contributed by atoms with Crippen molar-refractivity contribution in [1.29, 1.82) is 5.26 Å². The number of benzene rings is 1. The summed E-state index contributed by atoms with van der Waals surface area (Å²) >= 11 is 0. The molecule has 4 aliphatic rings. The number of piperazine rings is 1. The number of nitrogens with zero attached hydrogens (tertiary/aromatic N) is 10. The Hall–Kier alpha value is -5.20. The van der Waals surface area contributed by atoms with Gasteiger partial charge in [0, 0.05) is 75.1 Å². The lowest BCUT2D eigenvalue weighted by molar-refractivity contribution is -0.0660. The quantitative estimate of drug-likeness (QED) is 0.381. The van der Waals surface area contributed by atoms with Crippen molar-refractivity contribution in [3.8, 4) is 6.07 Å². The van der Waals surface area contributed by atoms with Crippen LogP contribution < -0.4 is 10.2 Å². The van der Waals surface area contributed by atoms with Gasteiger partial charge < -0.3 is 24.6 Å². The first-order valence-electron chi connectivity index (χ1n) is 16.0. The first kappa shape index (κ1) is 31.4. The number of likely N-dealkylation sites (tertiary alicyclic amines) is 1. The van der Waals surface area contributed by atoms with Crippen molar-refractivity contribution in [2.45, 2.75) is 31.2 Å². The third-order valence-corrected chi connectivity index (χ3v) is 8.95. The molecule has 2 atom stereocenters. The van der Waals surface area contributed by atoms with E-state index in [0.717, 1.165) is 45.1 Å². The van der Waals surface area contributed by atoms with E-state index in [4.69, 9.17) is 9.47 Å². The zero-order chi connectivity index (χ0) is 33.0. The Kier molecular flexibility index (Phi) is 9.08. The average Bonchev–Trinajstić information content (AvgIpc) is 3.41. The van der Waals surface area contributed by atoms with Crippen LogP contribution in [0.5, 0.6) is 0 Å². The van der Waals surface area contributed by atoms with Gasteiger partial charge in [0.1, 0.15) is 18.2 Å². The van der Waals surface area contributed by atoms with Gasteiger partial charge in [0.2, 0.25) is 5.95 Å². The third-order valence-electron chi connectivity index (χ3n) is 8.95. The van der Waals surface area contributed by atoms with Gasteiger partial charge in [0.05, 0.1) is 38.1 Å². The normalized spacial score (nSPS) is 22.1. The van der Waals surface area contributed by atoms with Gasteiger partial charge in [-0.25, -0.2) is 14.4 Å². The Labute approximate surface area is 277 Å². The SMILES string of the molecule is Cn1cc(C(=O)N2CC[C@H](OC3=CC=C(c4ncnc(Nc5ccc(N6CCN(C7COC7)CC6)cc5)n4)C=C(C#N)C3)[C@H](F)C2)nn1. The third kappa shape index (κ3) is 7.04. The molecule has 1 N–H and O–H groups in total. The van der Waals surface area contributed by atoms with Gasteiger partial charge in [-0.15, -0.1) is 5.10 Å². The summed E-state index contributed by atoms with van der Waals surface area (Å²) in [7, 11) is 1.66. The number of alkyl halides is 1. The van der Waals surface area contributed by atoms with E-state index in [1.165, 1.54) is 27.8 Å². The molecule has 1 amide bonds. The highest BCUT2D eigenvalue weighted by Crippen LogP contribution is 2.28. The summed E-state index contributed by atoms with van der Waals surface area (Å²) in [6.07, 6.45) is 6.41. The molecule has 1 aromatic carbocycles. The van der Waals surface area contributed by atoms with Crippen molar-refractivity contribution in [1.82, 2.24) is 39.7 Å². The maximum absolute atomic E-state index is 15.2. The molecule has 3 saturated heterocycles. The number of hydrogen-bond acceptors (Lipinski definition) is 12. The molecule has 15 heteroatoms. The summed E-state index contributed by atoms with van der Waals surface area (Å²) < 4.78 is 28.1. The topological polar surface area (TPSA) is 150 Å². The lowest BCUT2D eigenvalue weighted by Crippen LogP contribution is -2.56. The van der Waals surface area contributed by atoms with Gasteiger partial charge in [-0.05, 0) is 42.5 Å². The molecule has 0 spiro atoms. The molecule has 3 fully saturated rings. The fraction of sp³-hybridized carbons (Fsp3) is 0.424. The summed E-state index contributed by atoms with van der Waals surface area (Å²) in [4.78, 5) is 32.3. The number of hydrogen-bond donors (Lipinski definition) is 1. The first-order valence-corrected chi connectivity index (χ1v) is 16.0. The summed E-state index contributed by atoms with van der Waals surface area (Å²) in [6.45, 7) is 5.91. The van der Waals surface area contributed by atoms with E-state index in [0.29, 0.717) is 47.7 Å². The molecule has 2 aromatic heterocycles. The number of piperidine rings is 1. The van der Waals surface area contributed by atoms with Crippen LogP contribution >= 0.6 is 0 Å². The van der Waals surface area contributed by atoms with E-state index in [2.05, 4.69) is 58.6 Å². The van der Waals surface area contributed by atoms with E-state index in [-0.39, 0.29) is 24.6 Å². The van der Waals surface area contributed by atoms with Crippen molar-refractivity contribution in [2.24, 2.45) is 7.05 Å². The Morgan fingerprint density at radius 1 is 1.10 bits per heavy atom. The van der Waals surface area contributed by atoms with Crippen LogP contribution in [0.3, 0.4) is 0 Å². The summed E-state index contributed by atoms with van der Waals surface area (Å²) in [5, 5.41) is 20.7. The van der Waals surface area contributed by atoms with E-state index >= 15 is 4.39 Å². The molecule has 48 heavy (non-hydrogen) atoms. The molecular weight excluding hydrogens is 617 g/mol. The number of amides is 1. The van der Waals surface area contributed by atoms with Crippen LogP contribution in [0, 0.1) is 11.3 Å². The Bertz CT molecular complexity index is 1770. The molecule has 5 heterocycles. The number of carbonyl (C=O) groups is 1. The number of allylic oxidation sites excluding steroid dienone is 5. The highest BCUT2D eigenvalue weighted by atomic mass is 19.1. The highest BCUT2D eigenvalue weighted by Gasteiger charge is 2.35. The van der Waals surface area contributed by atoms with Crippen LogP contribution in [0.15, 0.2) is 66.3 Å². The van der Waals surface area contributed by atoms with Gasteiger partial charge in [0.25, 0.3) is 5.91 Å². The molecule has 1 aliphatic carbocycles. The molecule has 0 unspecified atom stereocenters. The maximum Gasteiger partial charge on any atom is 0.276 e. The van der Waals surface area contributed by atoms with Crippen LogP contribution in [-0.4, -0.2) is 116 Å². The molecular formula is C33H36FN11O3. The molecule has 0 radical (unpaired) electrons. The van der Waals surface area contributed by atoms with Gasteiger partial charge in [-0.3, -0.25) is 14.4 Å². The number of carbonyl (C=O) groups excluding carboxylic acids is 1. The second kappa shape index (κ2) is 13.9. The minimum Gasteiger partial charge on any atom is -0.491 e. The highest BCUT2D eigenvalue weighted by molar-refractivity contribution is 5.92. The predicted molar refractivity (Wildman–Crippen MR) is 174 cm³/mol. The summed E-state index contributed by atoms with van der Waals surface area (Å²) in [5.74, 6) is 0.825. The molecule has 14 nitrogen and oxygen atoms in total. The minimum absolute atomic E-state index is 0.119. The van der Waals surface area contributed by atoms with Crippen LogP contribution in [0.2, 0.25) is 0 Å². The van der Waals surface area contributed by atoms with Crippen LogP contribution in [0.25, 0.3) is 5.57 Å². The standard InChI is InChI=1S/C33H36FN11O3/c1-42-18-29(40-41-42)32(46)45-9-8-30(28(34)17-45)48-27-7-2-23(14-22(15-27)16-35)31-36-21-37-33(39-31)38-24-3-5-25(6-4-24)43-10-12-44(13-11-43)26-19-47-20-26/h2-7,14,18,21,26,28,30H,8-13,15,17,19-20H2,1H3,(H,36,37,38,39)/t28-,30+/m1/s1. The maximum atomic E-state index is 15.2. The van der Waals surface area contributed by atoms with E-state index in [9.17, 15) is 10.1 Å². The number of anilines is 3. The number of aryl methyl sites for hydroxylation is 1. The Morgan fingerprint density at radius 2 is 1.92 bits per heavy atom. The van der Waals surface area contributed by atoms with Gasteiger partial charge in [-0.2, -0.15) is 10.2 Å². The average molecular weight is 654 g/mol. The fourth-order valence-electron chi connectivity index (χ4n) is 6.17. The summed E-state index contributed by atoms with van der Waals surface area (Å²) in [6, 6.07) is 11.0. The van der Waals surface area contributed by atoms with Crippen molar-refractivity contribution < 1.29 is 18.7 Å². The lowest BCUT2D eigenvalue weighted by atomic mass is 10.0. The van der Waals surface area contributed by atoms with E-state index < -0.39 is 12.3 Å². The van der Waals surface area contributed by atoms with Crippen LogP contribution in [-0.2, 0) is 16.5 Å². The zero-order valence-corrected chi connectivity index (χ0v) is 26.6. The minimum atomic E-state index is -1.41. The molecule has 248 valence electrons. The second-order valence-electron chi connectivity index (χ2n) is 12.2. The van der Waals surface area contributed by atoms with Crippen molar-refractivity contribution in [2.75, 3.05) is 62.7 Å². The molecule has 3 aliphatic heterocycles. The van der Waals surface area contributed by atoms with E-state index in [1.807, 2.05) is 12.1 Å². The molecule has 0 bridgehead atoms. The Morgan fingerprint density at radius 3 is 2.60 bits per heavy atom. The smallest absolute Gasteiger partial charge is 0.276 e. The number of nitriles is 1. The molecule has 0 saturated carbocycles. The summed E-state index contributed by atoms with van der Waals surface area (Å²) in [5.41, 5.74) is 3.20. The number of halogens is 1. The zero-order valence-electron chi connectivity index (χ0n) is 26.6. The number of aromatic nitrogens is 6. The monoisotopic (exact) mass is 653 g/mol. The van der Waals surface area contributed by atoms with Crippen LogP contribution in [0.4, 0.5) is 21.7 Å². The van der Waals surface area contributed by atoms with Gasteiger partial charge >= 0.3 is 0 Å². The lowest BCUT2D eigenvalue weighted by Gasteiger charge is -2.43. The van der Waals surface area contributed by atoms with Crippen molar-refractivity contribution in [3.05, 3.63) is 77.9 Å². The fourth-order valence-corrected chi connectivity index (χ4v) is 6.17. The molecule has 7 rings (SSSR count).